The monoisotopic (exact) mass is 299 g/mol. The normalized spacial score (nSPS) is 11.4. The van der Waals surface area contributed by atoms with Crippen LogP contribution in [0.15, 0.2) is 48.5 Å². The molecule has 0 heterocycles. The molecule has 0 unspecified atom stereocenters. The summed E-state index contributed by atoms with van der Waals surface area (Å²) in [5, 5.41) is 3.77. The third-order valence-corrected chi connectivity index (χ3v) is 3.12. The lowest BCUT2D eigenvalue weighted by atomic mass is 10.1. The third-order valence-electron chi connectivity index (χ3n) is 2.87. The molecule has 5 heteroatoms. The second kappa shape index (κ2) is 6.18. The summed E-state index contributed by atoms with van der Waals surface area (Å²) in [4.78, 5) is 0. The highest BCUT2D eigenvalue weighted by molar-refractivity contribution is 6.30. The first-order chi connectivity index (χ1) is 9.45. The van der Waals surface area contributed by atoms with Crippen molar-refractivity contribution < 1.29 is 13.2 Å². The van der Waals surface area contributed by atoms with Crippen LogP contribution in [0.5, 0.6) is 0 Å². The van der Waals surface area contributed by atoms with E-state index in [1.165, 1.54) is 12.1 Å². The lowest BCUT2D eigenvalue weighted by molar-refractivity contribution is -0.137. The van der Waals surface area contributed by atoms with Gasteiger partial charge in [-0.2, -0.15) is 13.2 Å². The standard InChI is InChI=1S/C15H13ClF3N/c16-13-5-1-11(2-6-13)9-10-20-14-7-3-12(4-8-14)15(17,18)19/h1-8,20H,9-10H2. The van der Waals surface area contributed by atoms with Gasteiger partial charge in [0.1, 0.15) is 0 Å². The zero-order chi connectivity index (χ0) is 14.6. The van der Waals surface area contributed by atoms with E-state index < -0.39 is 11.7 Å². The smallest absolute Gasteiger partial charge is 0.385 e. The summed E-state index contributed by atoms with van der Waals surface area (Å²) in [5.74, 6) is 0. The maximum Gasteiger partial charge on any atom is 0.416 e. The fourth-order valence-electron chi connectivity index (χ4n) is 1.78. The molecule has 0 amide bonds. The van der Waals surface area contributed by atoms with Crippen molar-refractivity contribution in [2.45, 2.75) is 12.6 Å². The summed E-state index contributed by atoms with van der Waals surface area (Å²) in [6.07, 6.45) is -3.51. The van der Waals surface area contributed by atoms with Crippen molar-refractivity contribution in [2.75, 3.05) is 11.9 Å². The first-order valence-electron chi connectivity index (χ1n) is 6.11. The molecular formula is C15H13ClF3N. The van der Waals surface area contributed by atoms with Crippen molar-refractivity contribution >= 4 is 17.3 Å². The van der Waals surface area contributed by atoms with Gasteiger partial charge in [0.15, 0.2) is 0 Å². The molecule has 1 nitrogen and oxygen atoms in total. The first kappa shape index (κ1) is 14.7. The molecule has 0 fully saturated rings. The minimum Gasteiger partial charge on any atom is -0.385 e. The van der Waals surface area contributed by atoms with Crippen molar-refractivity contribution in [2.24, 2.45) is 0 Å². The van der Waals surface area contributed by atoms with Gasteiger partial charge in [-0.25, -0.2) is 0 Å². The van der Waals surface area contributed by atoms with Crippen LogP contribution in [0.2, 0.25) is 5.02 Å². The summed E-state index contributed by atoms with van der Waals surface area (Å²) in [6, 6.07) is 12.5. The molecule has 0 atom stereocenters. The number of hydrogen-bond acceptors (Lipinski definition) is 1. The van der Waals surface area contributed by atoms with Gasteiger partial charge in [0.2, 0.25) is 0 Å². The average Bonchev–Trinajstić information content (AvgIpc) is 2.41. The third kappa shape index (κ3) is 4.17. The first-order valence-corrected chi connectivity index (χ1v) is 6.48. The van der Waals surface area contributed by atoms with Gasteiger partial charge in [0, 0.05) is 17.3 Å². The maximum absolute atomic E-state index is 12.4. The van der Waals surface area contributed by atoms with Crippen LogP contribution in [-0.2, 0) is 12.6 Å². The van der Waals surface area contributed by atoms with Crippen LogP contribution in [0.1, 0.15) is 11.1 Å². The Bertz CT molecular complexity index is 547. The van der Waals surface area contributed by atoms with Crippen LogP contribution in [0.25, 0.3) is 0 Å². The number of halogens is 4. The van der Waals surface area contributed by atoms with E-state index in [0.717, 1.165) is 24.1 Å². The molecule has 0 aromatic heterocycles. The minimum atomic E-state index is -4.29. The molecule has 0 bridgehead atoms. The summed E-state index contributed by atoms with van der Waals surface area (Å²) in [6.45, 7) is 0.646. The number of benzene rings is 2. The summed E-state index contributed by atoms with van der Waals surface area (Å²) in [7, 11) is 0. The van der Waals surface area contributed by atoms with Gasteiger partial charge >= 0.3 is 6.18 Å². The zero-order valence-electron chi connectivity index (χ0n) is 10.5. The Morgan fingerprint density at radius 3 is 2.05 bits per heavy atom. The predicted octanol–water partition coefficient (Wildman–Crippen LogP) is 5.01. The molecule has 20 heavy (non-hydrogen) atoms. The van der Waals surface area contributed by atoms with Gasteiger partial charge in [-0.15, -0.1) is 0 Å². The van der Waals surface area contributed by atoms with Crippen LogP contribution in [-0.4, -0.2) is 6.54 Å². The SMILES string of the molecule is FC(F)(F)c1ccc(NCCc2ccc(Cl)cc2)cc1. The van der Waals surface area contributed by atoms with E-state index in [2.05, 4.69) is 5.32 Å². The molecule has 1 N–H and O–H groups in total. The molecule has 2 aromatic carbocycles. The molecule has 0 saturated carbocycles. The van der Waals surface area contributed by atoms with Crippen LogP contribution in [0.3, 0.4) is 0 Å². The Hall–Kier alpha value is -1.68. The minimum absolute atomic E-state index is 0.638. The summed E-state index contributed by atoms with van der Waals surface area (Å²) < 4.78 is 37.2. The maximum atomic E-state index is 12.4. The van der Waals surface area contributed by atoms with Gasteiger partial charge in [-0.05, 0) is 48.4 Å². The lowest BCUT2D eigenvalue weighted by Gasteiger charge is -2.09. The molecule has 2 rings (SSSR count). The molecule has 0 aliphatic carbocycles. The van der Waals surface area contributed by atoms with Gasteiger partial charge in [0.05, 0.1) is 5.56 Å². The number of nitrogens with one attached hydrogen (secondary N) is 1. The number of anilines is 1. The van der Waals surface area contributed by atoms with E-state index in [1.54, 1.807) is 0 Å². The van der Waals surface area contributed by atoms with Crippen LogP contribution in [0.4, 0.5) is 18.9 Å². The molecule has 0 spiro atoms. The Kier molecular flexibility index (Phi) is 4.55. The molecule has 0 aliphatic heterocycles. The van der Waals surface area contributed by atoms with Gasteiger partial charge in [0.25, 0.3) is 0 Å². The predicted molar refractivity (Wildman–Crippen MR) is 75.1 cm³/mol. The molecular weight excluding hydrogens is 287 g/mol. The van der Waals surface area contributed by atoms with Crippen molar-refractivity contribution in [1.29, 1.82) is 0 Å². The Labute approximate surface area is 120 Å². The summed E-state index contributed by atoms with van der Waals surface area (Å²) in [5.41, 5.74) is 1.15. The number of hydrogen-bond donors (Lipinski definition) is 1. The highest BCUT2D eigenvalue weighted by atomic mass is 35.5. The fraction of sp³-hybridized carbons (Fsp3) is 0.200. The quantitative estimate of drug-likeness (QED) is 0.836. The van der Waals surface area contributed by atoms with Crippen LogP contribution < -0.4 is 5.32 Å². The van der Waals surface area contributed by atoms with E-state index in [0.29, 0.717) is 17.3 Å². The molecule has 0 radical (unpaired) electrons. The van der Waals surface area contributed by atoms with Crippen molar-refractivity contribution in [3.63, 3.8) is 0 Å². The van der Waals surface area contributed by atoms with Crippen LogP contribution in [0, 0.1) is 0 Å². The molecule has 2 aromatic rings. The summed E-state index contributed by atoms with van der Waals surface area (Å²) >= 11 is 5.79. The molecule has 0 saturated heterocycles. The van der Waals surface area contributed by atoms with E-state index in [4.69, 9.17) is 11.6 Å². The zero-order valence-corrected chi connectivity index (χ0v) is 11.3. The largest absolute Gasteiger partial charge is 0.416 e. The van der Waals surface area contributed by atoms with Crippen molar-refractivity contribution in [3.05, 3.63) is 64.7 Å². The average molecular weight is 300 g/mol. The second-order valence-electron chi connectivity index (χ2n) is 4.38. The highest BCUT2D eigenvalue weighted by Crippen LogP contribution is 2.29. The van der Waals surface area contributed by atoms with Gasteiger partial charge in [-0.1, -0.05) is 23.7 Å². The Morgan fingerprint density at radius 2 is 1.50 bits per heavy atom. The lowest BCUT2D eigenvalue weighted by Crippen LogP contribution is -2.07. The Balaban J connectivity index is 1.87. The fourth-order valence-corrected chi connectivity index (χ4v) is 1.91. The molecule has 106 valence electrons. The van der Waals surface area contributed by atoms with Crippen molar-refractivity contribution in [3.8, 4) is 0 Å². The molecule has 0 aliphatic rings. The highest BCUT2D eigenvalue weighted by Gasteiger charge is 2.29. The Morgan fingerprint density at radius 1 is 0.900 bits per heavy atom. The van der Waals surface area contributed by atoms with Crippen LogP contribution >= 0.6 is 11.6 Å². The van der Waals surface area contributed by atoms with E-state index in [1.807, 2.05) is 24.3 Å². The van der Waals surface area contributed by atoms with E-state index in [-0.39, 0.29) is 0 Å². The topological polar surface area (TPSA) is 12.0 Å². The second-order valence-corrected chi connectivity index (χ2v) is 4.81. The number of alkyl halides is 3. The van der Waals surface area contributed by atoms with E-state index in [9.17, 15) is 13.2 Å². The van der Waals surface area contributed by atoms with Gasteiger partial charge in [-0.3, -0.25) is 0 Å². The van der Waals surface area contributed by atoms with Crippen molar-refractivity contribution in [1.82, 2.24) is 0 Å². The van der Waals surface area contributed by atoms with E-state index >= 15 is 0 Å². The van der Waals surface area contributed by atoms with Gasteiger partial charge < -0.3 is 5.32 Å². The number of rotatable bonds is 4.